The van der Waals surface area contributed by atoms with Crippen molar-refractivity contribution in [1.29, 1.82) is 0 Å². The van der Waals surface area contributed by atoms with E-state index in [1.54, 1.807) is 18.3 Å². The maximum absolute atomic E-state index is 11.4. The minimum absolute atomic E-state index is 0.00603. The molecule has 0 aliphatic heterocycles. The first kappa shape index (κ1) is 16.7. The van der Waals surface area contributed by atoms with Crippen LogP contribution in [0.1, 0.15) is 55.2 Å². The van der Waals surface area contributed by atoms with Gasteiger partial charge in [-0.3, -0.25) is 10.1 Å². The van der Waals surface area contributed by atoms with Crippen molar-refractivity contribution in [3.05, 3.63) is 57.8 Å². The number of nitrogens with two attached hydrogens (primary N) is 1. The Morgan fingerprint density at radius 2 is 1.82 bits per heavy atom. The lowest BCUT2D eigenvalue weighted by atomic mass is 9.95. The second kappa shape index (κ2) is 7.56. The molecule has 0 fully saturated rings. The van der Waals surface area contributed by atoms with Gasteiger partial charge in [0.15, 0.2) is 0 Å². The van der Waals surface area contributed by atoms with E-state index in [4.69, 9.17) is 5.73 Å². The zero-order valence-corrected chi connectivity index (χ0v) is 14.2. The minimum atomic E-state index is -0.374. The monoisotopic (exact) mass is 316 g/mol. The van der Waals surface area contributed by atoms with Crippen LogP contribution >= 0.6 is 11.3 Å². The Balaban J connectivity index is 2.27. The molecular weight excluding hydrogens is 292 g/mol. The van der Waals surface area contributed by atoms with Crippen LogP contribution in [-0.2, 0) is 4.79 Å². The third-order valence-corrected chi connectivity index (χ3v) is 5.06. The Morgan fingerprint density at radius 3 is 2.32 bits per heavy atom. The molecule has 3 N–H and O–H groups in total. The molecule has 1 aromatic heterocycles. The number of hydrogen-bond acceptors (Lipinski definition) is 3. The molecule has 0 spiro atoms. The highest BCUT2D eigenvalue weighted by molar-refractivity contribution is 7.10. The van der Waals surface area contributed by atoms with E-state index < -0.39 is 0 Å². The van der Waals surface area contributed by atoms with Gasteiger partial charge in [-0.05, 0) is 41.8 Å². The predicted molar refractivity (Wildman–Crippen MR) is 93.1 cm³/mol. The summed E-state index contributed by atoms with van der Waals surface area (Å²) in [4.78, 5) is 12.6. The van der Waals surface area contributed by atoms with Crippen LogP contribution in [0.5, 0.6) is 0 Å². The van der Waals surface area contributed by atoms with E-state index in [0.717, 1.165) is 12.0 Å². The lowest BCUT2D eigenvalue weighted by Crippen LogP contribution is -2.40. The zero-order valence-electron chi connectivity index (χ0n) is 13.4. The van der Waals surface area contributed by atoms with E-state index >= 15 is 0 Å². The van der Waals surface area contributed by atoms with Gasteiger partial charge in [-0.25, -0.2) is 0 Å². The molecule has 0 bridgehead atoms. The van der Waals surface area contributed by atoms with E-state index in [9.17, 15) is 4.79 Å². The number of rotatable bonds is 7. The smallest absolute Gasteiger partial charge is 0.234 e. The molecule has 0 unspecified atom stereocenters. The fourth-order valence-electron chi connectivity index (χ4n) is 2.38. The highest BCUT2D eigenvalue weighted by Gasteiger charge is 2.20. The Kier molecular flexibility index (Phi) is 5.75. The summed E-state index contributed by atoms with van der Waals surface area (Å²) >= 11 is 1.68. The van der Waals surface area contributed by atoms with Crippen molar-refractivity contribution in [2.45, 2.75) is 45.2 Å². The van der Waals surface area contributed by atoms with Crippen molar-refractivity contribution in [1.82, 2.24) is 5.32 Å². The van der Waals surface area contributed by atoms with E-state index in [1.165, 1.54) is 10.4 Å². The van der Waals surface area contributed by atoms with E-state index in [-0.39, 0.29) is 18.0 Å². The number of thiophene rings is 1. The first-order chi connectivity index (χ1) is 10.5. The van der Waals surface area contributed by atoms with Crippen LogP contribution in [0.15, 0.2) is 41.8 Å². The number of benzene rings is 1. The Bertz CT molecular complexity index is 592. The molecule has 0 aliphatic carbocycles. The molecule has 0 radical (unpaired) electrons. The Morgan fingerprint density at radius 1 is 1.18 bits per heavy atom. The van der Waals surface area contributed by atoms with Crippen molar-refractivity contribution in [2.24, 2.45) is 5.73 Å². The summed E-state index contributed by atoms with van der Waals surface area (Å²) < 4.78 is 0. The molecular formula is C18H24N2OS. The van der Waals surface area contributed by atoms with Crippen molar-refractivity contribution >= 4 is 17.2 Å². The summed E-state index contributed by atoms with van der Waals surface area (Å²) in [5.74, 6) is 0.226. The first-order valence-electron chi connectivity index (χ1n) is 7.71. The topological polar surface area (TPSA) is 55.1 Å². The standard InChI is InChI=1S/C18H24N2OS/c1-4-12(2)14-7-9-15(10-8-14)17(16-6-5-11-22-16)20-13(3)18(19)21/h5-13,17,20H,4H2,1-3H3,(H2,19,21)/t12-,13-,17-/m0/s1. The van der Waals surface area contributed by atoms with Crippen LogP contribution in [0.25, 0.3) is 0 Å². The fourth-order valence-corrected chi connectivity index (χ4v) is 3.19. The van der Waals surface area contributed by atoms with Crippen LogP contribution in [0.3, 0.4) is 0 Å². The SMILES string of the molecule is CC[C@H](C)c1ccc([C@H](N[C@@H](C)C(N)=O)c2cccs2)cc1. The van der Waals surface area contributed by atoms with Crippen molar-refractivity contribution in [3.63, 3.8) is 0 Å². The zero-order chi connectivity index (χ0) is 16.1. The van der Waals surface area contributed by atoms with Crippen molar-refractivity contribution in [3.8, 4) is 0 Å². The maximum Gasteiger partial charge on any atom is 0.234 e. The van der Waals surface area contributed by atoms with E-state index in [0.29, 0.717) is 5.92 Å². The molecule has 2 aromatic rings. The fraction of sp³-hybridized carbons (Fsp3) is 0.389. The average molecular weight is 316 g/mol. The van der Waals surface area contributed by atoms with Crippen molar-refractivity contribution in [2.75, 3.05) is 0 Å². The molecule has 0 saturated carbocycles. The van der Waals surface area contributed by atoms with Gasteiger partial charge in [0.25, 0.3) is 0 Å². The molecule has 1 amide bonds. The number of amides is 1. The van der Waals surface area contributed by atoms with Crippen LogP contribution < -0.4 is 11.1 Å². The maximum atomic E-state index is 11.4. The quantitative estimate of drug-likeness (QED) is 0.816. The van der Waals surface area contributed by atoms with Gasteiger partial charge in [-0.1, -0.05) is 44.2 Å². The van der Waals surface area contributed by atoms with Gasteiger partial charge in [0.2, 0.25) is 5.91 Å². The van der Waals surface area contributed by atoms with Gasteiger partial charge >= 0.3 is 0 Å². The molecule has 1 aromatic carbocycles. The summed E-state index contributed by atoms with van der Waals surface area (Å²) in [6.07, 6.45) is 1.13. The third-order valence-electron chi connectivity index (χ3n) is 4.12. The molecule has 3 atom stereocenters. The molecule has 1 heterocycles. The van der Waals surface area contributed by atoms with Gasteiger partial charge in [-0.15, -0.1) is 11.3 Å². The van der Waals surface area contributed by atoms with Crippen LogP contribution in [0.4, 0.5) is 0 Å². The number of hydrogen-bond donors (Lipinski definition) is 2. The molecule has 22 heavy (non-hydrogen) atoms. The lowest BCUT2D eigenvalue weighted by molar-refractivity contribution is -0.119. The molecule has 118 valence electrons. The molecule has 2 rings (SSSR count). The summed E-state index contributed by atoms with van der Waals surface area (Å²) in [5, 5.41) is 5.38. The Hall–Kier alpha value is -1.65. The predicted octanol–water partition coefficient (Wildman–Crippen LogP) is 3.81. The Labute approximate surface area is 136 Å². The van der Waals surface area contributed by atoms with Crippen LogP contribution in [0, 0.1) is 0 Å². The molecule has 3 nitrogen and oxygen atoms in total. The van der Waals surface area contributed by atoms with Gasteiger partial charge < -0.3 is 5.73 Å². The molecule has 4 heteroatoms. The summed E-state index contributed by atoms with van der Waals surface area (Å²) in [6.45, 7) is 6.23. The van der Waals surface area contributed by atoms with Crippen LogP contribution in [-0.4, -0.2) is 11.9 Å². The minimum Gasteiger partial charge on any atom is -0.368 e. The summed E-state index contributed by atoms with van der Waals surface area (Å²) in [5.41, 5.74) is 7.90. The largest absolute Gasteiger partial charge is 0.368 e. The van der Waals surface area contributed by atoms with E-state index in [2.05, 4.69) is 49.5 Å². The summed E-state index contributed by atoms with van der Waals surface area (Å²) in [6, 6.07) is 12.4. The number of carbonyl (C=O) groups excluding carboxylic acids is 1. The van der Waals surface area contributed by atoms with Gasteiger partial charge in [0.05, 0.1) is 12.1 Å². The second-order valence-corrected chi connectivity index (χ2v) is 6.69. The number of nitrogens with one attached hydrogen (secondary N) is 1. The van der Waals surface area contributed by atoms with Crippen LogP contribution in [0.2, 0.25) is 0 Å². The van der Waals surface area contributed by atoms with Gasteiger partial charge in [-0.2, -0.15) is 0 Å². The van der Waals surface area contributed by atoms with Gasteiger partial charge in [0, 0.05) is 4.88 Å². The normalized spacial score (nSPS) is 15.2. The summed E-state index contributed by atoms with van der Waals surface area (Å²) in [7, 11) is 0. The lowest BCUT2D eigenvalue weighted by Gasteiger charge is -2.22. The van der Waals surface area contributed by atoms with E-state index in [1.807, 2.05) is 11.4 Å². The third kappa shape index (κ3) is 3.96. The average Bonchev–Trinajstić information content (AvgIpc) is 3.05. The first-order valence-corrected chi connectivity index (χ1v) is 8.59. The molecule has 0 saturated heterocycles. The number of primary amides is 1. The second-order valence-electron chi connectivity index (χ2n) is 5.72. The molecule has 0 aliphatic rings. The highest BCUT2D eigenvalue weighted by atomic mass is 32.1. The highest BCUT2D eigenvalue weighted by Crippen LogP contribution is 2.28. The van der Waals surface area contributed by atoms with Crippen molar-refractivity contribution < 1.29 is 4.79 Å². The van der Waals surface area contributed by atoms with Gasteiger partial charge in [0.1, 0.15) is 0 Å². The number of carbonyl (C=O) groups is 1.